The molecular formula is C23H26Cl2N4O2S. The monoisotopic (exact) mass is 492 g/mol. The van der Waals surface area contributed by atoms with Crippen molar-refractivity contribution < 1.29 is 8.42 Å². The molecular weight excluding hydrogens is 467 g/mol. The molecule has 4 aromatic rings. The van der Waals surface area contributed by atoms with Gasteiger partial charge < -0.3 is 10.6 Å². The molecule has 32 heavy (non-hydrogen) atoms. The highest BCUT2D eigenvalue weighted by Crippen LogP contribution is 2.32. The Balaban J connectivity index is 0.00000144. The van der Waals surface area contributed by atoms with Crippen molar-refractivity contribution in [2.45, 2.75) is 22.8 Å². The van der Waals surface area contributed by atoms with E-state index in [1.807, 2.05) is 48.5 Å². The number of H-pyrrole nitrogens is 1. The Kier molecular flexibility index (Phi) is 7.67. The summed E-state index contributed by atoms with van der Waals surface area (Å²) in [7, 11) is -3.76. The third-order valence-corrected chi connectivity index (χ3v) is 7.63. The van der Waals surface area contributed by atoms with Gasteiger partial charge in [0.25, 0.3) is 0 Å². The smallest absolute Gasteiger partial charge is 0.226 e. The third-order valence-electron chi connectivity index (χ3n) is 5.88. The molecule has 2 heterocycles. The second kappa shape index (κ2) is 10.1. The fourth-order valence-electron chi connectivity index (χ4n) is 4.19. The number of benzene rings is 3. The predicted molar refractivity (Wildman–Crippen MR) is 134 cm³/mol. The van der Waals surface area contributed by atoms with Crippen LogP contribution in [0.1, 0.15) is 12.8 Å². The predicted octanol–water partition coefficient (Wildman–Crippen LogP) is 4.80. The lowest BCUT2D eigenvalue weighted by Gasteiger charge is -2.23. The first-order valence-corrected chi connectivity index (χ1v) is 11.8. The van der Waals surface area contributed by atoms with E-state index in [1.165, 1.54) is 12.8 Å². The molecule has 1 aliphatic heterocycles. The van der Waals surface area contributed by atoms with Crippen LogP contribution in [-0.4, -0.2) is 38.2 Å². The first-order chi connectivity index (χ1) is 14.6. The topological polar surface area (TPSA) is 86.9 Å². The number of hydrogen-bond donors (Lipinski definition) is 3. The SMILES string of the molecule is Cl.Cl.O=S(=O)(c1cccc2ccccc12)c1n[nH]c2cc(NCC3CCNCC3)ccc12. The Labute approximate surface area is 199 Å². The van der Waals surface area contributed by atoms with Crippen molar-refractivity contribution in [3.8, 4) is 0 Å². The highest BCUT2D eigenvalue weighted by Gasteiger charge is 2.25. The number of sulfone groups is 1. The fraction of sp³-hybridized carbons (Fsp3) is 0.261. The van der Waals surface area contributed by atoms with Gasteiger partial charge in [0.15, 0.2) is 5.03 Å². The molecule has 3 N–H and O–H groups in total. The van der Waals surface area contributed by atoms with Crippen LogP contribution in [0.15, 0.2) is 70.6 Å². The molecule has 0 bridgehead atoms. The van der Waals surface area contributed by atoms with E-state index in [-0.39, 0.29) is 34.7 Å². The molecule has 0 aliphatic carbocycles. The molecule has 1 fully saturated rings. The minimum absolute atomic E-state index is 0. The summed E-state index contributed by atoms with van der Waals surface area (Å²) in [6, 6.07) is 18.5. The zero-order valence-electron chi connectivity index (χ0n) is 17.4. The second-order valence-electron chi connectivity index (χ2n) is 7.84. The largest absolute Gasteiger partial charge is 0.385 e. The van der Waals surface area contributed by atoms with Gasteiger partial charge in [0.05, 0.1) is 10.4 Å². The van der Waals surface area contributed by atoms with E-state index in [1.54, 1.807) is 12.1 Å². The molecule has 9 heteroatoms. The van der Waals surface area contributed by atoms with Crippen LogP contribution in [0.25, 0.3) is 21.7 Å². The van der Waals surface area contributed by atoms with Crippen LogP contribution >= 0.6 is 24.8 Å². The zero-order valence-corrected chi connectivity index (χ0v) is 19.8. The van der Waals surface area contributed by atoms with Crippen molar-refractivity contribution in [1.82, 2.24) is 15.5 Å². The Morgan fingerprint density at radius 1 is 0.938 bits per heavy atom. The minimum Gasteiger partial charge on any atom is -0.385 e. The van der Waals surface area contributed by atoms with Crippen molar-refractivity contribution >= 4 is 62.0 Å². The number of piperidine rings is 1. The van der Waals surface area contributed by atoms with Gasteiger partial charge in [-0.3, -0.25) is 5.10 Å². The van der Waals surface area contributed by atoms with E-state index in [2.05, 4.69) is 20.8 Å². The standard InChI is InChI=1S/C23H24N4O2S.2ClH/c28-30(29,22-7-3-5-17-4-1-2-6-19(17)22)23-20-9-8-18(14-21(20)26-27-23)25-15-16-10-12-24-13-11-16;;/h1-9,14,16,24-25H,10-13,15H2,(H,26,27);2*1H. The first kappa shape index (κ1) is 24.3. The van der Waals surface area contributed by atoms with Crippen molar-refractivity contribution in [2.75, 3.05) is 25.0 Å². The van der Waals surface area contributed by atoms with Gasteiger partial charge in [0.2, 0.25) is 9.84 Å². The average molecular weight is 493 g/mol. The fourth-order valence-corrected chi connectivity index (χ4v) is 5.77. The summed E-state index contributed by atoms with van der Waals surface area (Å²) in [4.78, 5) is 0.280. The molecule has 0 spiro atoms. The highest BCUT2D eigenvalue weighted by atomic mass is 35.5. The van der Waals surface area contributed by atoms with Crippen LogP contribution in [-0.2, 0) is 9.84 Å². The second-order valence-corrected chi connectivity index (χ2v) is 9.68. The third kappa shape index (κ3) is 4.57. The number of aromatic amines is 1. The molecule has 1 aliphatic rings. The Morgan fingerprint density at radius 3 is 2.50 bits per heavy atom. The lowest BCUT2D eigenvalue weighted by molar-refractivity contribution is 0.390. The molecule has 170 valence electrons. The van der Waals surface area contributed by atoms with E-state index in [4.69, 9.17) is 0 Å². The molecule has 0 amide bonds. The maximum atomic E-state index is 13.4. The molecule has 1 saturated heterocycles. The van der Waals surface area contributed by atoms with Gasteiger partial charge >= 0.3 is 0 Å². The summed E-state index contributed by atoms with van der Waals surface area (Å²) in [6.45, 7) is 3.06. The van der Waals surface area contributed by atoms with E-state index in [0.717, 1.165) is 30.7 Å². The zero-order chi connectivity index (χ0) is 20.6. The molecule has 3 aromatic carbocycles. The van der Waals surface area contributed by atoms with E-state index >= 15 is 0 Å². The van der Waals surface area contributed by atoms with Gasteiger partial charge in [-0.1, -0.05) is 36.4 Å². The van der Waals surface area contributed by atoms with E-state index in [9.17, 15) is 8.42 Å². The van der Waals surface area contributed by atoms with Crippen LogP contribution in [0.3, 0.4) is 0 Å². The molecule has 1 aromatic heterocycles. The number of nitrogens with zero attached hydrogens (tertiary/aromatic N) is 1. The van der Waals surface area contributed by atoms with E-state index < -0.39 is 9.84 Å². The summed E-state index contributed by atoms with van der Waals surface area (Å²) in [5.74, 6) is 0.658. The van der Waals surface area contributed by atoms with Gasteiger partial charge in [-0.2, -0.15) is 5.10 Å². The van der Waals surface area contributed by atoms with Crippen molar-refractivity contribution in [1.29, 1.82) is 0 Å². The summed E-state index contributed by atoms with van der Waals surface area (Å²) in [5.41, 5.74) is 1.68. The maximum Gasteiger partial charge on any atom is 0.226 e. The van der Waals surface area contributed by atoms with Gasteiger partial charge in [-0.15, -0.1) is 24.8 Å². The maximum absolute atomic E-state index is 13.4. The number of hydrogen-bond acceptors (Lipinski definition) is 5. The molecule has 6 nitrogen and oxygen atoms in total. The van der Waals surface area contributed by atoms with Crippen LogP contribution in [0.4, 0.5) is 5.69 Å². The number of nitrogens with one attached hydrogen (secondary N) is 3. The summed E-state index contributed by atoms with van der Waals surface area (Å²) < 4.78 is 26.9. The number of anilines is 1. The normalized spacial score (nSPS) is 14.6. The summed E-state index contributed by atoms with van der Waals surface area (Å²) in [6.07, 6.45) is 2.35. The van der Waals surface area contributed by atoms with E-state index in [0.29, 0.717) is 22.2 Å². The molecule has 0 atom stereocenters. The lowest BCUT2D eigenvalue weighted by Crippen LogP contribution is -2.31. The number of aromatic nitrogens is 2. The van der Waals surface area contributed by atoms with Gasteiger partial charge in [-0.05, 0) is 61.5 Å². The molecule has 5 rings (SSSR count). The lowest BCUT2D eigenvalue weighted by atomic mass is 9.98. The van der Waals surface area contributed by atoms with Crippen LogP contribution < -0.4 is 10.6 Å². The average Bonchev–Trinajstić information content (AvgIpc) is 3.22. The van der Waals surface area contributed by atoms with Gasteiger partial charge in [0, 0.05) is 23.0 Å². The highest BCUT2D eigenvalue weighted by molar-refractivity contribution is 7.91. The molecule has 0 saturated carbocycles. The van der Waals surface area contributed by atoms with Crippen molar-refractivity contribution in [2.24, 2.45) is 5.92 Å². The summed E-state index contributed by atoms with van der Waals surface area (Å²) in [5, 5.41) is 16.2. The van der Waals surface area contributed by atoms with Crippen LogP contribution in [0.5, 0.6) is 0 Å². The summed E-state index contributed by atoms with van der Waals surface area (Å²) >= 11 is 0. The number of rotatable bonds is 5. The molecule has 0 radical (unpaired) electrons. The Bertz CT molecular complexity index is 1310. The Morgan fingerprint density at radius 2 is 1.69 bits per heavy atom. The van der Waals surface area contributed by atoms with Crippen LogP contribution in [0, 0.1) is 5.92 Å². The van der Waals surface area contributed by atoms with Crippen molar-refractivity contribution in [3.63, 3.8) is 0 Å². The number of fused-ring (bicyclic) bond motifs is 2. The first-order valence-electron chi connectivity index (χ1n) is 10.3. The minimum atomic E-state index is -3.76. The van der Waals surface area contributed by atoms with Crippen LogP contribution in [0.2, 0.25) is 0 Å². The quantitative estimate of drug-likeness (QED) is 0.372. The van der Waals surface area contributed by atoms with Crippen molar-refractivity contribution in [3.05, 3.63) is 60.7 Å². The van der Waals surface area contributed by atoms with Gasteiger partial charge in [0.1, 0.15) is 0 Å². The number of halogens is 2. The van der Waals surface area contributed by atoms with Gasteiger partial charge in [-0.25, -0.2) is 8.42 Å². The Hall–Kier alpha value is -2.32. The molecule has 0 unspecified atom stereocenters.